The molecule has 0 unspecified atom stereocenters. The molecule has 0 aliphatic heterocycles. The number of hydrogen-bond donors (Lipinski definition) is 0. The summed E-state index contributed by atoms with van der Waals surface area (Å²) >= 11 is 1.77. The maximum Gasteiger partial charge on any atom is 0.340 e. The van der Waals surface area contributed by atoms with Crippen LogP contribution in [0.15, 0.2) is 6.07 Å². The number of rotatable bonds is 3. The van der Waals surface area contributed by atoms with Crippen molar-refractivity contribution in [2.24, 2.45) is 0 Å². The van der Waals surface area contributed by atoms with Gasteiger partial charge in [-0.1, -0.05) is 6.07 Å². The molecule has 0 bridgehead atoms. The molecule has 0 fully saturated rings. The monoisotopic (exact) mass is 167 g/mol. The van der Waals surface area contributed by atoms with E-state index >= 15 is 0 Å². The normalized spacial score (nSPS) is 10.1. The van der Waals surface area contributed by atoms with Gasteiger partial charge in [0.25, 0.3) is 0 Å². The molecule has 1 aromatic rings. The van der Waals surface area contributed by atoms with Gasteiger partial charge in [-0.3, -0.25) is 0 Å². The molecule has 0 aliphatic rings. The van der Waals surface area contributed by atoms with Gasteiger partial charge in [0.15, 0.2) is 0 Å². The van der Waals surface area contributed by atoms with Crippen LogP contribution in [0.3, 0.4) is 0 Å². The Morgan fingerprint density at radius 2 is 2.27 bits per heavy atom. The lowest BCUT2D eigenvalue weighted by Crippen LogP contribution is -2.12. The molecule has 0 saturated heterocycles. The van der Waals surface area contributed by atoms with Crippen LogP contribution < -0.4 is 4.78 Å². The maximum absolute atomic E-state index is 5.17. The summed E-state index contributed by atoms with van der Waals surface area (Å²) in [4.78, 5) is 1.37. The van der Waals surface area contributed by atoms with Crippen molar-refractivity contribution in [2.75, 3.05) is 6.61 Å². The minimum Gasteiger partial charge on any atom is -0.434 e. The molecule has 0 aromatic carbocycles. The van der Waals surface area contributed by atoms with E-state index in [4.69, 9.17) is 4.65 Å². The van der Waals surface area contributed by atoms with E-state index in [0.717, 1.165) is 6.61 Å². The fourth-order valence-corrected chi connectivity index (χ4v) is 1.75. The molecule has 59 valence electrons. The second-order valence-corrected chi connectivity index (χ2v) is 3.75. The predicted octanol–water partition coefficient (Wildman–Crippen LogP) is 1.65. The first-order chi connectivity index (χ1) is 5.24. The molecule has 1 rings (SSSR count). The zero-order valence-corrected chi connectivity index (χ0v) is 7.99. The molecule has 3 heteroatoms. The van der Waals surface area contributed by atoms with Crippen LogP contribution in [0.1, 0.15) is 17.4 Å². The SMILES string of the molecule is CCO[B]c1cc(C)c(C)s1. The van der Waals surface area contributed by atoms with Gasteiger partial charge in [0.1, 0.15) is 0 Å². The smallest absolute Gasteiger partial charge is 0.340 e. The van der Waals surface area contributed by atoms with Crippen LogP contribution in [-0.2, 0) is 4.65 Å². The second kappa shape index (κ2) is 3.93. The van der Waals surface area contributed by atoms with Gasteiger partial charge in [-0.05, 0) is 26.3 Å². The summed E-state index contributed by atoms with van der Waals surface area (Å²) in [5.74, 6) is 0. The summed E-state index contributed by atoms with van der Waals surface area (Å²) in [6, 6.07) is 2.15. The first-order valence-electron chi connectivity index (χ1n) is 3.76. The highest BCUT2D eigenvalue weighted by Crippen LogP contribution is 2.10. The minimum atomic E-state index is 0.746. The molecule has 0 spiro atoms. The summed E-state index contributed by atoms with van der Waals surface area (Å²) in [5, 5.41) is 0. The van der Waals surface area contributed by atoms with E-state index in [1.54, 1.807) is 11.3 Å². The van der Waals surface area contributed by atoms with Crippen molar-refractivity contribution in [1.29, 1.82) is 0 Å². The van der Waals surface area contributed by atoms with Crippen molar-refractivity contribution < 1.29 is 4.65 Å². The van der Waals surface area contributed by atoms with Gasteiger partial charge in [-0.2, -0.15) is 11.3 Å². The molecule has 1 aromatic heterocycles. The Kier molecular flexibility index (Phi) is 3.15. The third-order valence-corrected chi connectivity index (χ3v) is 2.63. The molecule has 0 N–H and O–H groups in total. The molecule has 0 atom stereocenters. The molecule has 1 nitrogen and oxygen atoms in total. The Morgan fingerprint density at radius 3 is 2.73 bits per heavy atom. The highest BCUT2D eigenvalue weighted by Gasteiger charge is 2.02. The van der Waals surface area contributed by atoms with Gasteiger partial charge < -0.3 is 4.65 Å². The van der Waals surface area contributed by atoms with Gasteiger partial charge in [0.05, 0.1) is 0 Å². The molecular formula is C8H12BOS. The zero-order chi connectivity index (χ0) is 8.27. The number of thiophene rings is 1. The van der Waals surface area contributed by atoms with Crippen LogP contribution in [0.2, 0.25) is 0 Å². The highest BCUT2D eigenvalue weighted by molar-refractivity contribution is 7.21. The first kappa shape index (κ1) is 8.82. The predicted molar refractivity (Wildman–Crippen MR) is 50.8 cm³/mol. The summed E-state index contributed by atoms with van der Waals surface area (Å²) < 4.78 is 6.38. The van der Waals surface area contributed by atoms with Crippen LogP contribution in [0.4, 0.5) is 0 Å². The van der Waals surface area contributed by atoms with E-state index in [9.17, 15) is 0 Å². The Balaban J connectivity index is 2.58. The molecule has 1 heterocycles. The average Bonchev–Trinajstić information content (AvgIpc) is 2.28. The van der Waals surface area contributed by atoms with Gasteiger partial charge in [0.2, 0.25) is 0 Å². The summed E-state index contributed by atoms with van der Waals surface area (Å²) in [5.41, 5.74) is 1.35. The number of aryl methyl sites for hydroxylation is 2. The summed E-state index contributed by atoms with van der Waals surface area (Å²) in [6.07, 6.45) is 0. The Hall–Kier alpha value is -0.275. The zero-order valence-electron chi connectivity index (χ0n) is 7.18. The van der Waals surface area contributed by atoms with Gasteiger partial charge in [-0.15, -0.1) is 0 Å². The minimum absolute atomic E-state index is 0.746. The third kappa shape index (κ3) is 2.35. The van der Waals surface area contributed by atoms with Crippen molar-refractivity contribution in [3.05, 3.63) is 16.5 Å². The van der Waals surface area contributed by atoms with E-state index in [1.165, 1.54) is 15.2 Å². The van der Waals surface area contributed by atoms with Gasteiger partial charge in [0, 0.05) is 16.3 Å². The molecule has 1 radical (unpaired) electrons. The van der Waals surface area contributed by atoms with Crippen LogP contribution in [-0.4, -0.2) is 14.1 Å². The average molecular weight is 167 g/mol. The van der Waals surface area contributed by atoms with Crippen LogP contribution in [0, 0.1) is 13.8 Å². The van der Waals surface area contributed by atoms with Gasteiger partial charge >= 0.3 is 7.48 Å². The lowest BCUT2D eigenvalue weighted by molar-refractivity contribution is 0.367. The fraction of sp³-hybridized carbons (Fsp3) is 0.500. The maximum atomic E-state index is 5.17. The summed E-state index contributed by atoms with van der Waals surface area (Å²) in [7, 11) is 1.82. The van der Waals surface area contributed by atoms with E-state index in [0.29, 0.717) is 0 Å². The van der Waals surface area contributed by atoms with E-state index in [-0.39, 0.29) is 0 Å². The fourth-order valence-electron chi connectivity index (χ4n) is 0.825. The van der Waals surface area contributed by atoms with E-state index < -0.39 is 0 Å². The van der Waals surface area contributed by atoms with Gasteiger partial charge in [-0.25, -0.2) is 0 Å². The summed E-state index contributed by atoms with van der Waals surface area (Å²) in [6.45, 7) is 6.98. The molecule has 0 amide bonds. The largest absolute Gasteiger partial charge is 0.434 e. The lowest BCUT2D eigenvalue weighted by atomic mass is 9.98. The number of hydrogen-bond acceptors (Lipinski definition) is 2. The van der Waals surface area contributed by atoms with Crippen LogP contribution in [0.5, 0.6) is 0 Å². The molecular weight excluding hydrogens is 155 g/mol. The molecule has 11 heavy (non-hydrogen) atoms. The third-order valence-electron chi connectivity index (χ3n) is 1.55. The Labute approximate surface area is 72.7 Å². The van der Waals surface area contributed by atoms with Crippen molar-refractivity contribution in [2.45, 2.75) is 20.8 Å². The highest BCUT2D eigenvalue weighted by atomic mass is 32.1. The van der Waals surface area contributed by atoms with Crippen LogP contribution >= 0.6 is 11.3 Å². The van der Waals surface area contributed by atoms with Crippen LogP contribution in [0.25, 0.3) is 0 Å². The van der Waals surface area contributed by atoms with E-state index in [2.05, 4.69) is 19.9 Å². The standard InChI is InChI=1S/C8H12BOS/c1-4-10-9-8-5-6(2)7(3)11-8/h5H,4H2,1-3H3. The lowest BCUT2D eigenvalue weighted by Gasteiger charge is -1.92. The molecule has 0 saturated carbocycles. The Morgan fingerprint density at radius 1 is 1.55 bits per heavy atom. The van der Waals surface area contributed by atoms with Crippen molar-refractivity contribution in [1.82, 2.24) is 0 Å². The first-order valence-corrected chi connectivity index (χ1v) is 4.57. The second-order valence-electron chi connectivity index (χ2n) is 2.46. The van der Waals surface area contributed by atoms with E-state index in [1.807, 2.05) is 14.4 Å². The van der Waals surface area contributed by atoms with Crippen molar-refractivity contribution >= 4 is 23.6 Å². The van der Waals surface area contributed by atoms with Crippen molar-refractivity contribution in [3.8, 4) is 0 Å². The van der Waals surface area contributed by atoms with Crippen molar-refractivity contribution in [3.63, 3.8) is 0 Å². The quantitative estimate of drug-likeness (QED) is 0.622. The topological polar surface area (TPSA) is 9.23 Å². The Bertz CT molecular complexity index is 212. The molecule has 0 aliphatic carbocycles.